The molecule has 0 spiro atoms. The zero-order valence-electron chi connectivity index (χ0n) is 14.3. The lowest BCUT2D eigenvalue weighted by atomic mass is 10.2. The van der Waals surface area contributed by atoms with Gasteiger partial charge in [0.1, 0.15) is 0 Å². The summed E-state index contributed by atoms with van der Waals surface area (Å²) in [7, 11) is -3.53. The minimum atomic E-state index is -3.53. The van der Waals surface area contributed by atoms with Crippen molar-refractivity contribution in [1.82, 2.24) is 9.62 Å². The number of urea groups is 1. The van der Waals surface area contributed by atoms with Gasteiger partial charge in [-0.15, -0.1) is 0 Å². The first-order valence-corrected chi connectivity index (χ1v) is 9.50. The first kappa shape index (κ1) is 19.4. The lowest BCUT2D eigenvalue weighted by Crippen LogP contribution is -2.34. The topological polar surface area (TPSA) is 78.5 Å². The minimum absolute atomic E-state index is 0.105. The molecule has 1 atom stereocenters. The molecule has 23 heavy (non-hydrogen) atoms. The molecule has 0 fully saturated rings. The van der Waals surface area contributed by atoms with E-state index in [1.54, 1.807) is 17.0 Å². The molecule has 7 heteroatoms. The smallest absolute Gasteiger partial charge is 0.321 e. The number of hydrogen-bond donors (Lipinski definition) is 2. The summed E-state index contributed by atoms with van der Waals surface area (Å²) < 4.78 is 27.1. The van der Waals surface area contributed by atoms with Crippen molar-refractivity contribution in [3.63, 3.8) is 0 Å². The molecule has 0 saturated heterocycles. The quantitative estimate of drug-likeness (QED) is 0.763. The Hall–Kier alpha value is -1.60. The van der Waals surface area contributed by atoms with E-state index in [-0.39, 0.29) is 17.0 Å². The normalized spacial score (nSPS) is 12.7. The molecule has 0 bridgehead atoms. The maximum atomic E-state index is 12.2. The lowest BCUT2D eigenvalue weighted by Gasteiger charge is -2.19. The van der Waals surface area contributed by atoms with Gasteiger partial charge < -0.3 is 10.2 Å². The van der Waals surface area contributed by atoms with Gasteiger partial charge in [0.15, 0.2) is 0 Å². The lowest BCUT2D eigenvalue weighted by molar-refractivity contribution is 0.217. The molecule has 0 heterocycles. The number of anilines is 1. The van der Waals surface area contributed by atoms with Crippen LogP contribution in [0.5, 0.6) is 0 Å². The van der Waals surface area contributed by atoms with E-state index in [1.165, 1.54) is 12.1 Å². The Morgan fingerprint density at radius 3 is 2.17 bits per heavy atom. The molecule has 2 N–H and O–H groups in total. The summed E-state index contributed by atoms with van der Waals surface area (Å²) in [5.41, 5.74) is 0.572. The summed E-state index contributed by atoms with van der Waals surface area (Å²) >= 11 is 0. The fraction of sp³-hybridized carbons (Fsp3) is 0.562. The molecular formula is C16H27N3O3S. The Bertz CT molecular complexity index is 596. The molecule has 0 unspecified atom stereocenters. The van der Waals surface area contributed by atoms with Crippen LogP contribution in [0.3, 0.4) is 0 Å². The van der Waals surface area contributed by atoms with Crippen LogP contribution in [0, 0.1) is 0 Å². The van der Waals surface area contributed by atoms with E-state index in [0.29, 0.717) is 18.8 Å². The first-order valence-electron chi connectivity index (χ1n) is 8.02. The van der Waals surface area contributed by atoms with Gasteiger partial charge >= 0.3 is 6.03 Å². The van der Waals surface area contributed by atoms with Crippen LogP contribution < -0.4 is 10.0 Å². The van der Waals surface area contributed by atoms with Gasteiger partial charge in [-0.1, -0.05) is 13.3 Å². The fourth-order valence-electron chi connectivity index (χ4n) is 2.26. The third-order valence-electron chi connectivity index (χ3n) is 3.54. The van der Waals surface area contributed by atoms with Crippen molar-refractivity contribution in [2.24, 2.45) is 0 Å². The molecular weight excluding hydrogens is 314 g/mol. The zero-order chi connectivity index (χ0) is 17.5. The maximum absolute atomic E-state index is 12.2. The molecule has 0 aromatic heterocycles. The van der Waals surface area contributed by atoms with Gasteiger partial charge in [-0.25, -0.2) is 17.9 Å². The molecule has 0 aliphatic carbocycles. The third-order valence-corrected chi connectivity index (χ3v) is 5.15. The molecule has 0 saturated carbocycles. The highest BCUT2D eigenvalue weighted by molar-refractivity contribution is 7.89. The van der Waals surface area contributed by atoms with Gasteiger partial charge in [0.2, 0.25) is 10.0 Å². The molecule has 1 rings (SSSR count). The van der Waals surface area contributed by atoms with E-state index in [2.05, 4.69) is 10.0 Å². The third kappa shape index (κ3) is 5.84. The largest absolute Gasteiger partial charge is 0.325 e. The van der Waals surface area contributed by atoms with Crippen LogP contribution in [0.1, 0.15) is 40.5 Å². The number of rotatable bonds is 8. The summed E-state index contributed by atoms with van der Waals surface area (Å²) in [5.74, 6) is 0. The molecule has 0 aliphatic heterocycles. The van der Waals surface area contributed by atoms with Crippen molar-refractivity contribution >= 4 is 21.7 Å². The highest BCUT2D eigenvalue weighted by Crippen LogP contribution is 2.15. The molecule has 1 aromatic rings. The SMILES string of the molecule is CCC[C@H](C)NS(=O)(=O)c1ccc(NC(=O)N(CC)CC)cc1. The van der Waals surface area contributed by atoms with Crippen LogP contribution in [-0.2, 0) is 10.0 Å². The average molecular weight is 341 g/mol. The van der Waals surface area contributed by atoms with Gasteiger partial charge in [-0.05, 0) is 51.5 Å². The van der Waals surface area contributed by atoms with Gasteiger partial charge in [-0.3, -0.25) is 0 Å². The van der Waals surface area contributed by atoms with Crippen molar-refractivity contribution in [2.45, 2.75) is 51.5 Å². The van der Waals surface area contributed by atoms with Crippen LogP contribution in [0.4, 0.5) is 10.5 Å². The molecule has 0 radical (unpaired) electrons. The summed E-state index contributed by atoms with van der Waals surface area (Å²) in [5, 5.41) is 2.76. The van der Waals surface area contributed by atoms with Crippen LogP contribution in [0.2, 0.25) is 0 Å². The van der Waals surface area contributed by atoms with E-state index < -0.39 is 10.0 Å². The number of hydrogen-bond acceptors (Lipinski definition) is 3. The number of nitrogens with one attached hydrogen (secondary N) is 2. The van der Waals surface area contributed by atoms with E-state index >= 15 is 0 Å². The number of nitrogens with zero attached hydrogens (tertiary/aromatic N) is 1. The van der Waals surface area contributed by atoms with E-state index in [9.17, 15) is 13.2 Å². The van der Waals surface area contributed by atoms with Gasteiger partial charge in [0, 0.05) is 24.8 Å². The van der Waals surface area contributed by atoms with E-state index in [1.807, 2.05) is 27.7 Å². The fourth-order valence-corrected chi connectivity index (χ4v) is 3.53. The molecule has 1 aromatic carbocycles. The second-order valence-corrected chi connectivity index (χ2v) is 7.15. The van der Waals surface area contributed by atoms with Crippen LogP contribution in [0.15, 0.2) is 29.2 Å². The van der Waals surface area contributed by atoms with Crippen LogP contribution in [-0.4, -0.2) is 38.5 Å². The molecule has 130 valence electrons. The summed E-state index contributed by atoms with van der Waals surface area (Å²) in [6, 6.07) is 5.89. The van der Waals surface area contributed by atoms with Gasteiger partial charge in [0.25, 0.3) is 0 Å². The van der Waals surface area contributed by atoms with Crippen molar-refractivity contribution in [3.05, 3.63) is 24.3 Å². The second kappa shape index (κ2) is 8.88. The Morgan fingerprint density at radius 1 is 1.13 bits per heavy atom. The highest BCUT2D eigenvalue weighted by atomic mass is 32.2. The number of carbonyl (C=O) groups excluding carboxylic acids is 1. The predicted octanol–water partition coefficient (Wildman–Crippen LogP) is 3.03. The zero-order valence-corrected chi connectivity index (χ0v) is 15.1. The Balaban J connectivity index is 2.78. The average Bonchev–Trinajstić information content (AvgIpc) is 2.48. The van der Waals surface area contributed by atoms with Crippen LogP contribution in [0.25, 0.3) is 0 Å². The van der Waals surface area contributed by atoms with Gasteiger partial charge in [0.05, 0.1) is 4.90 Å². The number of carbonyl (C=O) groups is 1. The summed E-state index contributed by atoms with van der Waals surface area (Å²) in [6.45, 7) is 8.91. The molecule has 2 amide bonds. The van der Waals surface area contributed by atoms with E-state index in [4.69, 9.17) is 0 Å². The van der Waals surface area contributed by atoms with Crippen molar-refractivity contribution in [1.29, 1.82) is 0 Å². The van der Waals surface area contributed by atoms with Crippen molar-refractivity contribution in [2.75, 3.05) is 18.4 Å². The van der Waals surface area contributed by atoms with E-state index in [0.717, 1.165) is 12.8 Å². The number of benzene rings is 1. The maximum Gasteiger partial charge on any atom is 0.321 e. The van der Waals surface area contributed by atoms with Crippen LogP contribution >= 0.6 is 0 Å². The number of sulfonamides is 1. The predicted molar refractivity (Wildman–Crippen MR) is 93.1 cm³/mol. The first-order chi connectivity index (χ1) is 10.8. The summed E-state index contributed by atoms with van der Waals surface area (Å²) in [6.07, 6.45) is 1.71. The monoisotopic (exact) mass is 341 g/mol. The second-order valence-electron chi connectivity index (χ2n) is 5.44. The number of amides is 2. The molecule has 6 nitrogen and oxygen atoms in total. The standard InChI is InChI=1S/C16H27N3O3S/c1-5-8-13(4)18-23(21,22)15-11-9-14(10-12-15)17-16(20)19(6-2)7-3/h9-13,18H,5-8H2,1-4H3,(H,17,20)/t13-/m0/s1. The van der Waals surface area contributed by atoms with Crippen molar-refractivity contribution in [3.8, 4) is 0 Å². The Labute approximate surface area is 139 Å². The Kier molecular flexibility index (Phi) is 7.51. The summed E-state index contributed by atoms with van der Waals surface area (Å²) in [4.78, 5) is 13.8. The highest BCUT2D eigenvalue weighted by Gasteiger charge is 2.17. The molecule has 0 aliphatic rings. The van der Waals surface area contributed by atoms with Crippen molar-refractivity contribution < 1.29 is 13.2 Å². The Morgan fingerprint density at radius 2 is 1.70 bits per heavy atom. The van der Waals surface area contributed by atoms with Gasteiger partial charge in [-0.2, -0.15) is 0 Å². The minimum Gasteiger partial charge on any atom is -0.325 e.